The first-order chi connectivity index (χ1) is 13.5. The molecule has 0 saturated heterocycles. The van der Waals surface area contributed by atoms with E-state index in [0.717, 1.165) is 22.6 Å². The van der Waals surface area contributed by atoms with E-state index in [1.807, 2.05) is 56.5 Å². The maximum atomic E-state index is 6.10. The van der Waals surface area contributed by atoms with Gasteiger partial charge in [-0.15, -0.1) is 0 Å². The lowest BCUT2D eigenvalue weighted by Gasteiger charge is -2.09. The highest BCUT2D eigenvalue weighted by atomic mass is 35.5. The molecule has 0 atom stereocenters. The van der Waals surface area contributed by atoms with Gasteiger partial charge in [-0.1, -0.05) is 35.3 Å². The zero-order valence-electron chi connectivity index (χ0n) is 15.4. The number of ether oxygens (including phenoxy) is 1. The normalized spacial score (nSPS) is 11.6. The summed E-state index contributed by atoms with van der Waals surface area (Å²) >= 11 is 12.1. The molecular weight excluding hydrogens is 395 g/mol. The fourth-order valence-corrected chi connectivity index (χ4v) is 2.87. The number of pyridine rings is 1. The van der Waals surface area contributed by atoms with Crippen molar-refractivity contribution in [3.63, 3.8) is 0 Å². The van der Waals surface area contributed by atoms with Gasteiger partial charge in [0.25, 0.3) is 0 Å². The summed E-state index contributed by atoms with van der Waals surface area (Å²) in [6.45, 7) is 1.92. The Morgan fingerprint density at radius 3 is 2.71 bits per heavy atom. The number of hydrogen-bond donors (Lipinski definition) is 1. The Hall–Kier alpha value is -2.89. The number of nitrogens with one attached hydrogen (secondary N) is 1. The van der Waals surface area contributed by atoms with Crippen molar-refractivity contribution in [2.45, 2.75) is 6.92 Å². The van der Waals surface area contributed by atoms with Gasteiger partial charge in [-0.25, -0.2) is 15.0 Å². The third-order valence-electron chi connectivity index (χ3n) is 3.83. The quantitative estimate of drug-likeness (QED) is 0.321. The van der Waals surface area contributed by atoms with Crippen LogP contribution in [0, 0.1) is 6.92 Å². The number of aromatic nitrogens is 3. The fourth-order valence-electron chi connectivity index (χ4n) is 2.50. The molecule has 5 nitrogen and oxygen atoms in total. The number of rotatable bonds is 6. The standard InChI is InChI=1S/C21H18Cl2N4O/c1-14-19(21(24-2)27-13-26-14)7-6-17(11-15-4-3-5-16(22)10-15)28-18-8-9-25-20(23)12-18/h3-13H,1-2H3,(H,24,26,27)/b7-6-,17-11-. The molecule has 1 N–H and O–H groups in total. The lowest BCUT2D eigenvalue weighted by atomic mass is 10.1. The lowest BCUT2D eigenvalue weighted by molar-refractivity contribution is 0.449. The minimum atomic E-state index is 0.355. The smallest absolute Gasteiger partial charge is 0.136 e. The molecule has 7 heteroatoms. The van der Waals surface area contributed by atoms with Gasteiger partial charge in [0.1, 0.15) is 28.8 Å². The van der Waals surface area contributed by atoms with Crippen LogP contribution in [-0.2, 0) is 0 Å². The first-order valence-electron chi connectivity index (χ1n) is 8.49. The van der Waals surface area contributed by atoms with Crippen molar-refractivity contribution in [1.29, 1.82) is 0 Å². The SMILES string of the molecule is CNc1ncnc(C)c1/C=C\C(=C\c1cccc(Cl)c1)Oc1ccnc(Cl)c1. The van der Waals surface area contributed by atoms with Gasteiger partial charge < -0.3 is 10.1 Å². The van der Waals surface area contributed by atoms with Crippen molar-refractivity contribution >= 4 is 41.2 Å². The molecule has 0 aliphatic heterocycles. The number of anilines is 1. The topological polar surface area (TPSA) is 59.9 Å². The highest BCUT2D eigenvalue weighted by Gasteiger charge is 2.06. The Kier molecular flexibility index (Phi) is 6.63. The van der Waals surface area contributed by atoms with Gasteiger partial charge in [0.05, 0.1) is 5.69 Å². The van der Waals surface area contributed by atoms with Crippen molar-refractivity contribution < 1.29 is 4.74 Å². The summed E-state index contributed by atoms with van der Waals surface area (Å²) in [6, 6.07) is 10.9. The van der Waals surface area contributed by atoms with Crippen molar-refractivity contribution in [3.8, 4) is 5.75 Å². The molecule has 0 bridgehead atoms. The highest BCUT2D eigenvalue weighted by molar-refractivity contribution is 6.30. The second kappa shape index (κ2) is 9.35. The van der Waals surface area contributed by atoms with E-state index in [2.05, 4.69) is 20.3 Å². The zero-order chi connectivity index (χ0) is 19.9. The first kappa shape index (κ1) is 19.9. The highest BCUT2D eigenvalue weighted by Crippen LogP contribution is 2.22. The Labute approximate surface area is 173 Å². The van der Waals surface area contributed by atoms with Crippen LogP contribution in [-0.4, -0.2) is 22.0 Å². The lowest BCUT2D eigenvalue weighted by Crippen LogP contribution is -1.99. The second-order valence-corrected chi connectivity index (χ2v) is 6.65. The molecule has 0 spiro atoms. The molecule has 0 fully saturated rings. The van der Waals surface area contributed by atoms with E-state index in [-0.39, 0.29) is 0 Å². The van der Waals surface area contributed by atoms with Crippen LogP contribution in [0.25, 0.3) is 12.2 Å². The third kappa shape index (κ3) is 5.31. The maximum absolute atomic E-state index is 6.10. The van der Waals surface area contributed by atoms with E-state index in [1.54, 1.807) is 18.3 Å². The Balaban J connectivity index is 1.99. The van der Waals surface area contributed by atoms with Crippen LogP contribution in [0.4, 0.5) is 5.82 Å². The number of halogens is 2. The predicted octanol–water partition coefficient (Wildman–Crippen LogP) is 5.66. The first-order valence-corrected chi connectivity index (χ1v) is 9.25. The van der Waals surface area contributed by atoms with Gasteiger partial charge in [0.15, 0.2) is 0 Å². The summed E-state index contributed by atoms with van der Waals surface area (Å²) in [5.41, 5.74) is 2.63. The molecule has 3 rings (SSSR count). The molecule has 0 radical (unpaired) electrons. The van der Waals surface area contributed by atoms with E-state index in [4.69, 9.17) is 27.9 Å². The monoisotopic (exact) mass is 412 g/mol. The Morgan fingerprint density at radius 1 is 1.11 bits per heavy atom. The zero-order valence-corrected chi connectivity index (χ0v) is 16.9. The van der Waals surface area contributed by atoms with Gasteiger partial charge >= 0.3 is 0 Å². The van der Waals surface area contributed by atoms with Crippen LogP contribution in [0.2, 0.25) is 10.2 Å². The molecule has 28 heavy (non-hydrogen) atoms. The van der Waals surface area contributed by atoms with Gasteiger partial charge in [0.2, 0.25) is 0 Å². The van der Waals surface area contributed by atoms with Crippen molar-refractivity contribution in [3.05, 3.63) is 87.8 Å². The van der Waals surface area contributed by atoms with E-state index in [1.165, 1.54) is 6.33 Å². The van der Waals surface area contributed by atoms with Crippen LogP contribution in [0.1, 0.15) is 16.8 Å². The fraction of sp³-hybridized carbons (Fsp3) is 0.0952. The van der Waals surface area contributed by atoms with Gasteiger partial charge in [0, 0.05) is 29.9 Å². The third-order valence-corrected chi connectivity index (χ3v) is 4.27. The van der Waals surface area contributed by atoms with Crippen molar-refractivity contribution in [1.82, 2.24) is 15.0 Å². The van der Waals surface area contributed by atoms with E-state index < -0.39 is 0 Å². The molecule has 2 aromatic heterocycles. The largest absolute Gasteiger partial charge is 0.457 e. The van der Waals surface area contributed by atoms with Crippen LogP contribution >= 0.6 is 23.2 Å². The van der Waals surface area contributed by atoms with Crippen LogP contribution in [0.5, 0.6) is 5.75 Å². The molecule has 3 aromatic rings. The Morgan fingerprint density at radius 2 is 1.96 bits per heavy atom. The summed E-state index contributed by atoms with van der Waals surface area (Å²) in [6.07, 6.45) is 8.75. The minimum absolute atomic E-state index is 0.355. The molecular formula is C21H18Cl2N4O. The number of benzene rings is 1. The number of aryl methyl sites for hydroxylation is 1. The molecule has 0 aliphatic rings. The summed E-state index contributed by atoms with van der Waals surface area (Å²) in [5, 5.41) is 4.07. The average Bonchev–Trinajstić information content (AvgIpc) is 2.66. The molecule has 0 saturated carbocycles. The van der Waals surface area contributed by atoms with Crippen molar-refractivity contribution in [2.24, 2.45) is 0 Å². The summed E-state index contributed by atoms with van der Waals surface area (Å²) < 4.78 is 6.02. The summed E-state index contributed by atoms with van der Waals surface area (Å²) in [7, 11) is 1.82. The van der Waals surface area contributed by atoms with Crippen LogP contribution in [0.3, 0.4) is 0 Å². The number of nitrogens with zero attached hydrogens (tertiary/aromatic N) is 3. The maximum Gasteiger partial charge on any atom is 0.136 e. The van der Waals surface area contributed by atoms with E-state index in [9.17, 15) is 0 Å². The van der Waals surface area contributed by atoms with Gasteiger partial charge in [-0.05, 0) is 48.9 Å². The van der Waals surface area contributed by atoms with E-state index in [0.29, 0.717) is 21.7 Å². The Bertz CT molecular complexity index is 1030. The minimum Gasteiger partial charge on any atom is -0.457 e. The predicted molar refractivity (Wildman–Crippen MR) is 115 cm³/mol. The van der Waals surface area contributed by atoms with E-state index >= 15 is 0 Å². The summed E-state index contributed by atoms with van der Waals surface area (Å²) in [4.78, 5) is 12.5. The molecule has 0 unspecified atom stereocenters. The number of hydrogen-bond acceptors (Lipinski definition) is 5. The summed E-state index contributed by atoms with van der Waals surface area (Å²) in [5.74, 6) is 1.90. The molecule has 1 aromatic carbocycles. The molecule has 142 valence electrons. The second-order valence-electron chi connectivity index (χ2n) is 5.82. The number of allylic oxidation sites excluding steroid dienone is 1. The van der Waals surface area contributed by atoms with Crippen molar-refractivity contribution in [2.75, 3.05) is 12.4 Å². The average molecular weight is 413 g/mol. The molecule has 0 aliphatic carbocycles. The van der Waals surface area contributed by atoms with Crippen LogP contribution in [0.15, 0.2) is 60.8 Å². The van der Waals surface area contributed by atoms with Gasteiger partial charge in [-0.3, -0.25) is 0 Å². The van der Waals surface area contributed by atoms with Gasteiger partial charge in [-0.2, -0.15) is 0 Å². The molecule has 0 amide bonds. The van der Waals surface area contributed by atoms with Crippen LogP contribution < -0.4 is 10.1 Å². The molecule has 2 heterocycles.